The topological polar surface area (TPSA) is 55.4 Å². The van der Waals surface area contributed by atoms with Gasteiger partial charge in [0.2, 0.25) is 5.91 Å². The van der Waals surface area contributed by atoms with Crippen molar-refractivity contribution in [2.24, 2.45) is 11.8 Å². The van der Waals surface area contributed by atoms with E-state index in [2.05, 4.69) is 5.32 Å². The first-order chi connectivity index (χ1) is 10.6. The minimum atomic E-state index is -0.310. The summed E-state index contributed by atoms with van der Waals surface area (Å²) in [5.74, 6) is -0.525. The number of benzene rings is 1. The van der Waals surface area contributed by atoms with E-state index in [0.29, 0.717) is 12.8 Å². The van der Waals surface area contributed by atoms with Crippen LogP contribution in [0.1, 0.15) is 38.3 Å². The van der Waals surface area contributed by atoms with Gasteiger partial charge in [-0.15, -0.1) is 0 Å². The van der Waals surface area contributed by atoms with E-state index in [4.69, 9.17) is 4.74 Å². The van der Waals surface area contributed by atoms with Crippen LogP contribution in [0.25, 0.3) is 0 Å². The van der Waals surface area contributed by atoms with Gasteiger partial charge in [0.15, 0.2) is 0 Å². The number of carbonyl (C=O) groups excluding carboxylic acids is 2. The summed E-state index contributed by atoms with van der Waals surface area (Å²) in [5.41, 5.74) is 0.941. The van der Waals surface area contributed by atoms with Gasteiger partial charge < -0.3 is 10.1 Å². The molecule has 0 bridgehead atoms. The van der Waals surface area contributed by atoms with E-state index in [1.807, 2.05) is 56.3 Å². The van der Waals surface area contributed by atoms with Gasteiger partial charge in [0.1, 0.15) is 6.61 Å². The van der Waals surface area contributed by atoms with Crippen molar-refractivity contribution in [1.82, 2.24) is 5.32 Å². The number of cyclic esters (lactones) is 1. The van der Waals surface area contributed by atoms with E-state index >= 15 is 0 Å². The lowest BCUT2D eigenvalue weighted by Crippen LogP contribution is -2.36. The summed E-state index contributed by atoms with van der Waals surface area (Å²) in [7, 11) is 0. The first-order valence-corrected chi connectivity index (χ1v) is 7.75. The molecular formula is C18H23NO3. The molecule has 3 atom stereocenters. The standard InChI is InChI=1S/C18H23NO3/c1-13-8-6-7-9-14(2)18(21)22-12-16(19-17(13)20)15-10-4-3-5-11-15/h3-7,10-11,13-14,16H,8-9,12H2,1-2H3,(H,19,20)/t13-,14+,16-/m0/s1. The van der Waals surface area contributed by atoms with Crippen molar-refractivity contribution in [2.75, 3.05) is 6.61 Å². The van der Waals surface area contributed by atoms with Crippen molar-refractivity contribution < 1.29 is 14.3 Å². The Hall–Kier alpha value is -2.10. The van der Waals surface area contributed by atoms with Crippen molar-refractivity contribution >= 4 is 11.9 Å². The highest BCUT2D eigenvalue weighted by Crippen LogP contribution is 2.17. The van der Waals surface area contributed by atoms with E-state index < -0.39 is 0 Å². The van der Waals surface area contributed by atoms with Crippen LogP contribution >= 0.6 is 0 Å². The minimum Gasteiger partial charge on any atom is -0.463 e. The molecule has 2 rings (SSSR count). The molecule has 1 aromatic carbocycles. The fourth-order valence-electron chi connectivity index (χ4n) is 2.33. The molecule has 1 aliphatic heterocycles. The predicted molar refractivity (Wildman–Crippen MR) is 85.0 cm³/mol. The van der Waals surface area contributed by atoms with Gasteiger partial charge in [0.25, 0.3) is 0 Å². The van der Waals surface area contributed by atoms with Crippen molar-refractivity contribution in [3.8, 4) is 0 Å². The van der Waals surface area contributed by atoms with Crippen molar-refractivity contribution in [2.45, 2.75) is 32.7 Å². The van der Waals surface area contributed by atoms with Crippen LogP contribution in [0.3, 0.4) is 0 Å². The Balaban J connectivity index is 2.19. The van der Waals surface area contributed by atoms with E-state index in [0.717, 1.165) is 5.56 Å². The second-order valence-electron chi connectivity index (χ2n) is 5.85. The quantitative estimate of drug-likeness (QED) is 0.641. The zero-order valence-corrected chi connectivity index (χ0v) is 13.1. The molecule has 0 saturated heterocycles. The summed E-state index contributed by atoms with van der Waals surface area (Å²) >= 11 is 0. The van der Waals surface area contributed by atoms with Crippen LogP contribution < -0.4 is 5.32 Å². The Labute approximate surface area is 131 Å². The third-order valence-corrected chi connectivity index (χ3v) is 3.91. The molecule has 1 N–H and O–H groups in total. The zero-order chi connectivity index (χ0) is 15.9. The number of nitrogens with one attached hydrogen (secondary N) is 1. The molecule has 22 heavy (non-hydrogen) atoms. The monoisotopic (exact) mass is 301 g/mol. The molecule has 4 heteroatoms. The summed E-state index contributed by atoms with van der Waals surface area (Å²) in [6.45, 7) is 3.93. The number of hydrogen-bond acceptors (Lipinski definition) is 3. The lowest BCUT2D eigenvalue weighted by atomic mass is 10.0. The van der Waals surface area contributed by atoms with Crippen molar-refractivity contribution in [3.63, 3.8) is 0 Å². The second-order valence-corrected chi connectivity index (χ2v) is 5.85. The average Bonchev–Trinajstić information content (AvgIpc) is 2.54. The second kappa shape index (κ2) is 7.78. The smallest absolute Gasteiger partial charge is 0.309 e. The van der Waals surface area contributed by atoms with E-state index in [-0.39, 0.29) is 36.4 Å². The molecule has 1 heterocycles. The largest absolute Gasteiger partial charge is 0.463 e. The maximum Gasteiger partial charge on any atom is 0.309 e. The van der Waals surface area contributed by atoms with Crippen molar-refractivity contribution in [1.29, 1.82) is 0 Å². The van der Waals surface area contributed by atoms with E-state index in [9.17, 15) is 9.59 Å². The molecule has 0 saturated carbocycles. The van der Waals surface area contributed by atoms with Crippen LogP contribution in [0, 0.1) is 11.8 Å². The summed E-state index contributed by atoms with van der Waals surface area (Å²) in [6.07, 6.45) is 5.23. The fraction of sp³-hybridized carbons (Fsp3) is 0.444. The maximum atomic E-state index is 12.3. The maximum absolute atomic E-state index is 12.3. The van der Waals surface area contributed by atoms with E-state index in [1.54, 1.807) is 0 Å². The van der Waals surface area contributed by atoms with Crippen LogP contribution in [-0.2, 0) is 14.3 Å². The number of esters is 1. The fourth-order valence-corrected chi connectivity index (χ4v) is 2.33. The summed E-state index contributed by atoms with van der Waals surface area (Å²) < 4.78 is 5.39. The van der Waals surface area contributed by atoms with Crippen LogP contribution in [0.4, 0.5) is 0 Å². The molecule has 0 fully saturated rings. The summed E-state index contributed by atoms with van der Waals surface area (Å²) in [6, 6.07) is 9.29. The number of ether oxygens (including phenoxy) is 1. The van der Waals surface area contributed by atoms with Crippen LogP contribution in [0.5, 0.6) is 0 Å². The molecule has 1 amide bonds. The predicted octanol–water partition coefficient (Wildman–Crippen LogP) is 3.01. The van der Waals surface area contributed by atoms with E-state index in [1.165, 1.54) is 0 Å². The Morgan fingerprint density at radius 3 is 2.32 bits per heavy atom. The molecule has 0 spiro atoms. The Morgan fingerprint density at radius 1 is 1.00 bits per heavy atom. The molecule has 0 aromatic heterocycles. The SMILES string of the molecule is C[C@@H]1CC=CC[C@H](C)C(=O)N[C@H](c2ccccc2)COC1=O. The van der Waals surface area contributed by atoms with Gasteiger partial charge >= 0.3 is 5.97 Å². The summed E-state index contributed by atoms with van der Waals surface area (Å²) in [5, 5.41) is 2.99. The molecule has 118 valence electrons. The minimum absolute atomic E-state index is 0.0248. The average molecular weight is 301 g/mol. The molecule has 4 nitrogen and oxygen atoms in total. The number of carbonyl (C=O) groups is 2. The van der Waals surface area contributed by atoms with Crippen LogP contribution in [0.15, 0.2) is 42.5 Å². The third kappa shape index (κ3) is 4.45. The van der Waals surface area contributed by atoms with Gasteiger partial charge in [-0.3, -0.25) is 9.59 Å². The van der Waals surface area contributed by atoms with Gasteiger partial charge in [0, 0.05) is 5.92 Å². The zero-order valence-electron chi connectivity index (χ0n) is 13.1. The normalized spacial score (nSPS) is 27.3. The molecule has 1 aliphatic rings. The van der Waals surface area contributed by atoms with Crippen LogP contribution in [-0.4, -0.2) is 18.5 Å². The highest BCUT2D eigenvalue weighted by atomic mass is 16.5. The molecule has 0 unspecified atom stereocenters. The number of hydrogen-bond donors (Lipinski definition) is 1. The number of rotatable bonds is 1. The lowest BCUT2D eigenvalue weighted by Gasteiger charge is -2.22. The lowest BCUT2D eigenvalue weighted by molar-refractivity contribution is -0.149. The molecular weight excluding hydrogens is 278 g/mol. The highest BCUT2D eigenvalue weighted by Gasteiger charge is 2.22. The van der Waals surface area contributed by atoms with Gasteiger partial charge in [-0.05, 0) is 18.4 Å². The van der Waals surface area contributed by atoms with Crippen LogP contribution in [0.2, 0.25) is 0 Å². The third-order valence-electron chi connectivity index (χ3n) is 3.91. The Bertz CT molecular complexity index is 539. The summed E-state index contributed by atoms with van der Waals surface area (Å²) in [4.78, 5) is 24.3. The Morgan fingerprint density at radius 2 is 1.64 bits per heavy atom. The highest BCUT2D eigenvalue weighted by molar-refractivity contribution is 5.79. The first kappa shape index (κ1) is 16.3. The Kier molecular flexibility index (Phi) is 5.75. The van der Waals surface area contributed by atoms with Gasteiger partial charge in [-0.2, -0.15) is 0 Å². The number of amides is 1. The van der Waals surface area contributed by atoms with Crippen molar-refractivity contribution in [3.05, 3.63) is 48.0 Å². The molecule has 0 aliphatic carbocycles. The number of allylic oxidation sites excluding steroid dienone is 2. The molecule has 0 radical (unpaired) electrons. The van der Waals surface area contributed by atoms with Gasteiger partial charge in [0.05, 0.1) is 12.0 Å². The molecule has 1 aromatic rings. The first-order valence-electron chi connectivity index (χ1n) is 7.75. The van der Waals surface area contributed by atoms with Gasteiger partial charge in [-0.1, -0.05) is 56.3 Å². The van der Waals surface area contributed by atoms with Gasteiger partial charge in [-0.25, -0.2) is 0 Å².